The largest absolute Gasteiger partial charge is 0.341 e. The lowest BCUT2D eigenvalue weighted by atomic mass is 9.98. The second-order valence-corrected chi connectivity index (χ2v) is 4.99. The predicted octanol–water partition coefficient (Wildman–Crippen LogP) is 1.53. The molecule has 2 rings (SSSR count). The molecule has 86 valence electrons. The van der Waals surface area contributed by atoms with Crippen molar-refractivity contribution in [3.63, 3.8) is 0 Å². The molecule has 2 unspecified atom stereocenters. The standard InChI is InChI=1S/C12H22N2O/c1-10-5-4-6-11(13-10)9-14-8-3-2-7-12(14)15/h10-11,13H,2-9H2,1H3. The van der Waals surface area contributed by atoms with Crippen molar-refractivity contribution in [2.75, 3.05) is 13.1 Å². The highest BCUT2D eigenvalue weighted by Gasteiger charge is 2.24. The molecule has 2 atom stereocenters. The molecule has 0 bridgehead atoms. The lowest BCUT2D eigenvalue weighted by Crippen LogP contribution is -2.49. The Morgan fingerprint density at radius 1 is 1.33 bits per heavy atom. The highest BCUT2D eigenvalue weighted by Crippen LogP contribution is 2.16. The number of hydrogen-bond donors (Lipinski definition) is 1. The lowest BCUT2D eigenvalue weighted by Gasteiger charge is -2.35. The highest BCUT2D eigenvalue weighted by atomic mass is 16.2. The van der Waals surface area contributed by atoms with Crippen LogP contribution in [0.2, 0.25) is 0 Å². The third kappa shape index (κ3) is 2.94. The van der Waals surface area contributed by atoms with Crippen LogP contribution in [0.15, 0.2) is 0 Å². The molecule has 0 spiro atoms. The lowest BCUT2D eigenvalue weighted by molar-refractivity contribution is -0.133. The van der Waals surface area contributed by atoms with Crippen molar-refractivity contribution in [2.24, 2.45) is 0 Å². The smallest absolute Gasteiger partial charge is 0.222 e. The van der Waals surface area contributed by atoms with Crippen LogP contribution in [0.1, 0.15) is 45.4 Å². The first-order valence-corrected chi connectivity index (χ1v) is 6.29. The zero-order valence-corrected chi connectivity index (χ0v) is 9.67. The van der Waals surface area contributed by atoms with E-state index < -0.39 is 0 Å². The zero-order chi connectivity index (χ0) is 10.7. The van der Waals surface area contributed by atoms with Crippen molar-refractivity contribution >= 4 is 5.91 Å². The molecule has 0 saturated carbocycles. The molecule has 0 radical (unpaired) electrons. The van der Waals surface area contributed by atoms with Gasteiger partial charge in [0.2, 0.25) is 5.91 Å². The molecule has 0 aromatic carbocycles. The minimum atomic E-state index is 0.362. The van der Waals surface area contributed by atoms with Crippen molar-refractivity contribution in [1.82, 2.24) is 10.2 Å². The maximum atomic E-state index is 11.6. The van der Waals surface area contributed by atoms with E-state index in [0.717, 1.165) is 25.9 Å². The first kappa shape index (κ1) is 10.9. The Morgan fingerprint density at radius 3 is 2.93 bits per heavy atom. The summed E-state index contributed by atoms with van der Waals surface area (Å²) >= 11 is 0. The van der Waals surface area contributed by atoms with E-state index in [1.807, 2.05) is 0 Å². The van der Waals surface area contributed by atoms with Gasteiger partial charge in [-0.15, -0.1) is 0 Å². The molecule has 3 heteroatoms. The molecule has 2 fully saturated rings. The third-order valence-corrected chi connectivity index (χ3v) is 3.57. The molecule has 1 N–H and O–H groups in total. The summed E-state index contributed by atoms with van der Waals surface area (Å²) in [6.07, 6.45) is 6.86. The first-order valence-electron chi connectivity index (χ1n) is 6.29. The van der Waals surface area contributed by atoms with Crippen LogP contribution in [0, 0.1) is 0 Å². The van der Waals surface area contributed by atoms with Crippen LogP contribution >= 0.6 is 0 Å². The Balaban J connectivity index is 1.81. The molecule has 0 aliphatic carbocycles. The van der Waals surface area contributed by atoms with Gasteiger partial charge in [-0.2, -0.15) is 0 Å². The summed E-state index contributed by atoms with van der Waals surface area (Å²) in [5.74, 6) is 0.362. The van der Waals surface area contributed by atoms with E-state index in [9.17, 15) is 4.79 Å². The number of likely N-dealkylation sites (tertiary alicyclic amines) is 1. The molecular weight excluding hydrogens is 188 g/mol. The fourth-order valence-corrected chi connectivity index (χ4v) is 2.70. The molecule has 15 heavy (non-hydrogen) atoms. The molecule has 0 aromatic heterocycles. The number of nitrogens with one attached hydrogen (secondary N) is 1. The van der Waals surface area contributed by atoms with Gasteiger partial charge in [0.25, 0.3) is 0 Å². The monoisotopic (exact) mass is 210 g/mol. The number of rotatable bonds is 2. The average molecular weight is 210 g/mol. The fraction of sp³-hybridized carbons (Fsp3) is 0.917. The van der Waals surface area contributed by atoms with Gasteiger partial charge in [-0.05, 0) is 32.6 Å². The van der Waals surface area contributed by atoms with Gasteiger partial charge >= 0.3 is 0 Å². The van der Waals surface area contributed by atoms with Gasteiger partial charge in [0, 0.05) is 31.6 Å². The van der Waals surface area contributed by atoms with E-state index >= 15 is 0 Å². The number of nitrogens with zero attached hydrogens (tertiary/aromatic N) is 1. The van der Waals surface area contributed by atoms with E-state index in [1.165, 1.54) is 25.7 Å². The molecule has 3 nitrogen and oxygen atoms in total. The Labute approximate surface area is 92.2 Å². The van der Waals surface area contributed by atoms with E-state index in [2.05, 4.69) is 17.1 Å². The summed E-state index contributed by atoms with van der Waals surface area (Å²) in [6.45, 7) is 4.15. The van der Waals surface area contributed by atoms with Crippen molar-refractivity contribution in [3.05, 3.63) is 0 Å². The third-order valence-electron chi connectivity index (χ3n) is 3.57. The van der Waals surface area contributed by atoms with E-state index in [0.29, 0.717) is 18.0 Å². The van der Waals surface area contributed by atoms with Crippen molar-refractivity contribution in [3.8, 4) is 0 Å². The van der Waals surface area contributed by atoms with Gasteiger partial charge in [-0.3, -0.25) is 4.79 Å². The Kier molecular flexibility index (Phi) is 3.62. The Bertz CT molecular complexity index is 230. The number of carbonyl (C=O) groups excluding carboxylic acids is 1. The molecular formula is C12H22N2O. The molecule has 2 aliphatic rings. The van der Waals surface area contributed by atoms with Gasteiger partial charge in [0.1, 0.15) is 0 Å². The SMILES string of the molecule is CC1CCCC(CN2CCCCC2=O)N1. The number of piperidine rings is 2. The fourth-order valence-electron chi connectivity index (χ4n) is 2.70. The van der Waals surface area contributed by atoms with Gasteiger partial charge in [0.15, 0.2) is 0 Å². The number of amides is 1. The van der Waals surface area contributed by atoms with Crippen LogP contribution in [-0.2, 0) is 4.79 Å². The second kappa shape index (κ2) is 4.97. The van der Waals surface area contributed by atoms with E-state index in [-0.39, 0.29) is 0 Å². The van der Waals surface area contributed by atoms with Crippen LogP contribution in [0.25, 0.3) is 0 Å². The van der Waals surface area contributed by atoms with Crippen LogP contribution < -0.4 is 5.32 Å². The topological polar surface area (TPSA) is 32.3 Å². The average Bonchev–Trinajstić information content (AvgIpc) is 2.22. The van der Waals surface area contributed by atoms with Crippen molar-refractivity contribution in [1.29, 1.82) is 0 Å². The van der Waals surface area contributed by atoms with Crippen molar-refractivity contribution in [2.45, 2.75) is 57.5 Å². The van der Waals surface area contributed by atoms with E-state index in [4.69, 9.17) is 0 Å². The molecule has 2 aliphatic heterocycles. The minimum absolute atomic E-state index is 0.362. The Morgan fingerprint density at radius 2 is 2.20 bits per heavy atom. The molecule has 2 saturated heterocycles. The summed E-state index contributed by atoms with van der Waals surface area (Å²) < 4.78 is 0. The maximum absolute atomic E-state index is 11.6. The van der Waals surface area contributed by atoms with Crippen molar-refractivity contribution < 1.29 is 4.79 Å². The number of carbonyl (C=O) groups is 1. The summed E-state index contributed by atoms with van der Waals surface area (Å²) in [6, 6.07) is 1.17. The second-order valence-electron chi connectivity index (χ2n) is 4.99. The quantitative estimate of drug-likeness (QED) is 0.749. The summed E-state index contributed by atoms with van der Waals surface area (Å²) in [4.78, 5) is 13.7. The van der Waals surface area contributed by atoms with Gasteiger partial charge < -0.3 is 10.2 Å². The van der Waals surface area contributed by atoms with Crippen LogP contribution in [0.5, 0.6) is 0 Å². The summed E-state index contributed by atoms with van der Waals surface area (Å²) in [5.41, 5.74) is 0. The maximum Gasteiger partial charge on any atom is 0.222 e. The summed E-state index contributed by atoms with van der Waals surface area (Å²) in [5, 5.41) is 3.59. The molecule has 1 amide bonds. The predicted molar refractivity (Wildman–Crippen MR) is 60.7 cm³/mol. The van der Waals surface area contributed by atoms with Crippen LogP contribution in [0.3, 0.4) is 0 Å². The van der Waals surface area contributed by atoms with Gasteiger partial charge in [0.05, 0.1) is 0 Å². The highest BCUT2D eigenvalue weighted by molar-refractivity contribution is 5.76. The number of hydrogen-bond acceptors (Lipinski definition) is 2. The normalized spacial score (nSPS) is 33.1. The molecule has 2 heterocycles. The zero-order valence-electron chi connectivity index (χ0n) is 9.67. The van der Waals surface area contributed by atoms with Crippen LogP contribution in [-0.4, -0.2) is 36.0 Å². The Hall–Kier alpha value is -0.570. The molecule has 0 aromatic rings. The van der Waals surface area contributed by atoms with Crippen LogP contribution in [0.4, 0.5) is 0 Å². The van der Waals surface area contributed by atoms with E-state index in [1.54, 1.807) is 0 Å². The van der Waals surface area contributed by atoms with Gasteiger partial charge in [-0.25, -0.2) is 0 Å². The minimum Gasteiger partial charge on any atom is -0.341 e. The summed E-state index contributed by atoms with van der Waals surface area (Å²) in [7, 11) is 0. The first-order chi connectivity index (χ1) is 7.25. The van der Waals surface area contributed by atoms with Gasteiger partial charge in [-0.1, -0.05) is 6.42 Å².